The number of hydrogen-bond acceptors (Lipinski definition) is 3. The second-order valence-electron chi connectivity index (χ2n) is 4.40. The molecule has 0 radical (unpaired) electrons. The van der Waals surface area contributed by atoms with Gasteiger partial charge in [-0.1, -0.05) is 37.3 Å². The molecule has 1 rings (SSSR count). The summed E-state index contributed by atoms with van der Waals surface area (Å²) in [7, 11) is 1.82. The van der Waals surface area contributed by atoms with Gasteiger partial charge in [-0.15, -0.1) is 11.8 Å². The Labute approximate surface area is 113 Å². The zero-order valence-electron chi connectivity index (χ0n) is 11.2. The Morgan fingerprint density at radius 1 is 1.33 bits per heavy atom. The van der Waals surface area contributed by atoms with Crippen LogP contribution in [0.25, 0.3) is 0 Å². The lowest BCUT2D eigenvalue weighted by Gasteiger charge is -2.25. The summed E-state index contributed by atoms with van der Waals surface area (Å²) in [6, 6.07) is 10.1. The van der Waals surface area contributed by atoms with Gasteiger partial charge in [-0.25, -0.2) is 0 Å². The average molecular weight is 267 g/mol. The summed E-state index contributed by atoms with van der Waals surface area (Å²) in [6.07, 6.45) is 0. The van der Waals surface area contributed by atoms with Crippen LogP contribution in [0.3, 0.4) is 0 Å². The Bertz CT molecular complexity index is 369. The second kappa shape index (κ2) is 7.44. The molecular weight excluding hydrogens is 246 g/mol. The van der Waals surface area contributed by atoms with Gasteiger partial charge in [0.05, 0.1) is 18.4 Å². The first-order valence-corrected chi connectivity index (χ1v) is 7.14. The summed E-state index contributed by atoms with van der Waals surface area (Å²) in [5.74, 6) is 0.506. The number of amides is 1. The van der Waals surface area contributed by atoms with Crippen molar-refractivity contribution in [3.8, 4) is 0 Å². The number of benzene rings is 1. The lowest BCUT2D eigenvalue weighted by atomic mass is 10.1. The number of carbonyl (C=O) groups is 1. The molecule has 0 saturated heterocycles. The minimum absolute atomic E-state index is 0.0729. The molecule has 0 bridgehead atoms. The third-order valence-corrected chi connectivity index (χ3v) is 4.14. The normalized spacial score (nSPS) is 14.0. The lowest BCUT2D eigenvalue weighted by molar-refractivity contribution is -0.128. The minimum Gasteiger partial charge on any atom is -0.395 e. The van der Waals surface area contributed by atoms with Crippen molar-refractivity contribution in [3.63, 3.8) is 0 Å². The molecule has 100 valence electrons. The molecule has 1 N–H and O–H groups in total. The van der Waals surface area contributed by atoms with Crippen LogP contribution in [-0.2, 0) is 4.79 Å². The Hall–Kier alpha value is -1.00. The predicted molar refractivity (Wildman–Crippen MR) is 76.6 cm³/mol. The van der Waals surface area contributed by atoms with Crippen LogP contribution in [0.1, 0.15) is 25.5 Å². The van der Waals surface area contributed by atoms with Crippen molar-refractivity contribution in [2.24, 2.45) is 0 Å². The van der Waals surface area contributed by atoms with Gasteiger partial charge in [0.25, 0.3) is 0 Å². The first-order valence-electron chi connectivity index (χ1n) is 6.09. The Balaban J connectivity index is 2.53. The molecule has 0 aliphatic rings. The monoisotopic (exact) mass is 267 g/mol. The molecule has 3 nitrogen and oxygen atoms in total. The van der Waals surface area contributed by atoms with Gasteiger partial charge in [0.15, 0.2) is 0 Å². The van der Waals surface area contributed by atoms with E-state index in [2.05, 4.69) is 0 Å². The Morgan fingerprint density at radius 2 is 1.94 bits per heavy atom. The SMILES string of the molecule is CC(CO)SCC(=O)N(C)C(C)c1ccccc1. The fourth-order valence-electron chi connectivity index (χ4n) is 1.54. The van der Waals surface area contributed by atoms with E-state index >= 15 is 0 Å². The number of carbonyl (C=O) groups excluding carboxylic acids is 1. The maximum absolute atomic E-state index is 12.0. The Kier molecular flexibility index (Phi) is 6.22. The van der Waals surface area contributed by atoms with Gasteiger partial charge in [0.1, 0.15) is 0 Å². The fraction of sp³-hybridized carbons (Fsp3) is 0.500. The van der Waals surface area contributed by atoms with Crippen LogP contribution in [0.2, 0.25) is 0 Å². The number of nitrogens with zero attached hydrogens (tertiary/aromatic N) is 1. The van der Waals surface area contributed by atoms with Crippen molar-refractivity contribution in [1.29, 1.82) is 0 Å². The van der Waals surface area contributed by atoms with E-state index in [4.69, 9.17) is 5.11 Å². The van der Waals surface area contributed by atoms with Gasteiger partial charge in [0.2, 0.25) is 5.91 Å². The van der Waals surface area contributed by atoms with Crippen LogP contribution in [0.15, 0.2) is 30.3 Å². The highest BCUT2D eigenvalue weighted by Gasteiger charge is 2.17. The van der Waals surface area contributed by atoms with Crippen molar-refractivity contribution < 1.29 is 9.90 Å². The van der Waals surface area contributed by atoms with Gasteiger partial charge < -0.3 is 10.0 Å². The highest BCUT2D eigenvalue weighted by molar-refractivity contribution is 8.00. The summed E-state index contributed by atoms with van der Waals surface area (Å²) in [4.78, 5) is 13.8. The fourth-order valence-corrected chi connectivity index (χ4v) is 2.28. The van der Waals surface area contributed by atoms with E-state index in [1.54, 1.807) is 4.90 Å². The zero-order chi connectivity index (χ0) is 13.5. The lowest BCUT2D eigenvalue weighted by Crippen LogP contribution is -2.31. The predicted octanol–water partition coefficient (Wildman–Crippen LogP) is 2.32. The van der Waals surface area contributed by atoms with E-state index in [9.17, 15) is 4.79 Å². The number of rotatable bonds is 6. The van der Waals surface area contributed by atoms with Crippen molar-refractivity contribution in [3.05, 3.63) is 35.9 Å². The van der Waals surface area contributed by atoms with E-state index in [1.807, 2.05) is 51.2 Å². The van der Waals surface area contributed by atoms with Crippen LogP contribution < -0.4 is 0 Å². The molecule has 1 aromatic rings. The highest BCUT2D eigenvalue weighted by Crippen LogP contribution is 2.20. The number of aliphatic hydroxyl groups is 1. The number of thioether (sulfide) groups is 1. The van der Waals surface area contributed by atoms with Gasteiger partial charge in [-0.05, 0) is 12.5 Å². The first-order chi connectivity index (χ1) is 8.56. The second-order valence-corrected chi connectivity index (χ2v) is 5.82. The minimum atomic E-state index is 0.0729. The van der Waals surface area contributed by atoms with Crippen molar-refractivity contribution in [2.45, 2.75) is 25.1 Å². The molecule has 0 heterocycles. The van der Waals surface area contributed by atoms with Gasteiger partial charge in [-0.2, -0.15) is 0 Å². The van der Waals surface area contributed by atoms with Gasteiger partial charge >= 0.3 is 0 Å². The van der Waals surface area contributed by atoms with Crippen molar-refractivity contribution in [1.82, 2.24) is 4.90 Å². The molecule has 0 fully saturated rings. The maximum Gasteiger partial charge on any atom is 0.232 e. The molecular formula is C14H21NO2S. The summed E-state index contributed by atoms with van der Waals surface area (Å²) in [6.45, 7) is 4.04. The van der Waals surface area contributed by atoms with Crippen LogP contribution >= 0.6 is 11.8 Å². The molecule has 0 aliphatic carbocycles. The highest BCUT2D eigenvalue weighted by atomic mass is 32.2. The molecule has 0 spiro atoms. The van der Waals surface area contributed by atoms with E-state index in [0.29, 0.717) is 5.75 Å². The first kappa shape index (κ1) is 15.1. The smallest absolute Gasteiger partial charge is 0.232 e. The van der Waals surface area contributed by atoms with Crippen molar-refractivity contribution >= 4 is 17.7 Å². The molecule has 4 heteroatoms. The van der Waals surface area contributed by atoms with Crippen LogP contribution in [0.5, 0.6) is 0 Å². The molecule has 18 heavy (non-hydrogen) atoms. The zero-order valence-corrected chi connectivity index (χ0v) is 12.0. The third-order valence-electron chi connectivity index (χ3n) is 3.00. The van der Waals surface area contributed by atoms with Crippen LogP contribution in [-0.4, -0.2) is 40.6 Å². The maximum atomic E-state index is 12.0. The standard InChI is InChI=1S/C14H21NO2S/c1-11(9-16)18-10-14(17)15(3)12(2)13-7-5-4-6-8-13/h4-8,11-12,16H,9-10H2,1-3H3. The van der Waals surface area contributed by atoms with Crippen LogP contribution in [0.4, 0.5) is 0 Å². The summed E-state index contributed by atoms with van der Waals surface area (Å²) < 4.78 is 0. The van der Waals surface area contributed by atoms with Crippen molar-refractivity contribution in [2.75, 3.05) is 19.4 Å². The van der Waals surface area contributed by atoms with E-state index < -0.39 is 0 Å². The van der Waals surface area contributed by atoms with Crippen LogP contribution in [0, 0.1) is 0 Å². The largest absolute Gasteiger partial charge is 0.395 e. The van der Waals surface area contributed by atoms with E-state index in [1.165, 1.54) is 11.8 Å². The molecule has 0 saturated carbocycles. The number of aliphatic hydroxyl groups excluding tert-OH is 1. The molecule has 2 unspecified atom stereocenters. The van der Waals surface area contributed by atoms with E-state index in [-0.39, 0.29) is 23.8 Å². The quantitative estimate of drug-likeness (QED) is 0.860. The van der Waals surface area contributed by atoms with Gasteiger partial charge in [-0.3, -0.25) is 4.79 Å². The summed E-state index contributed by atoms with van der Waals surface area (Å²) >= 11 is 1.48. The summed E-state index contributed by atoms with van der Waals surface area (Å²) in [5, 5.41) is 9.03. The third kappa shape index (κ3) is 4.35. The molecule has 2 atom stereocenters. The topological polar surface area (TPSA) is 40.5 Å². The Morgan fingerprint density at radius 3 is 2.50 bits per heavy atom. The van der Waals surface area contributed by atoms with E-state index in [0.717, 1.165) is 5.56 Å². The molecule has 0 aliphatic heterocycles. The molecule has 1 amide bonds. The number of hydrogen-bond donors (Lipinski definition) is 1. The molecule has 0 aromatic heterocycles. The van der Waals surface area contributed by atoms with Gasteiger partial charge in [0, 0.05) is 12.3 Å². The molecule has 1 aromatic carbocycles. The average Bonchev–Trinajstić information content (AvgIpc) is 2.43. The summed E-state index contributed by atoms with van der Waals surface area (Å²) in [5.41, 5.74) is 1.13.